The number of rotatable bonds is 7. The average molecular weight is 364 g/mol. The van der Waals surface area contributed by atoms with Gasteiger partial charge in [0.05, 0.1) is 0 Å². The van der Waals surface area contributed by atoms with E-state index in [4.69, 9.17) is 0 Å². The molecule has 3 nitrogen and oxygen atoms in total. The normalized spacial score (nSPS) is 12.6. The molecule has 0 aliphatic heterocycles. The van der Waals surface area contributed by atoms with E-state index in [1.165, 1.54) is 0 Å². The van der Waals surface area contributed by atoms with Gasteiger partial charge < -0.3 is 0 Å². The second-order valence-corrected chi connectivity index (χ2v) is 11.2. The van der Waals surface area contributed by atoms with Gasteiger partial charge in [0.1, 0.15) is 0 Å². The van der Waals surface area contributed by atoms with E-state index < -0.39 is 19.2 Å². The molecule has 80 valence electrons. The zero-order chi connectivity index (χ0) is 11.6. The quantitative estimate of drug-likeness (QED) is 0.301. The van der Waals surface area contributed by atoms with E-state index in [1.54, 1.807) is 0 Å². The Labute approximate surface area is 111 Å². The first kappa shape index (κ1) is 15.2. The van der Waals surface area contributed by atoms with Gasteiger partial charge in [-0.25, -0.2) is 0 Å². The molecule has 0 unspecified atom stereocenters. The minimum atomic E-state index is -3.39. The molecule has 0 aromatic heterocycles. The van der Waals surface area contributed by atoms with Crippen LogP contribution in [0.1, 0.15) is 26.2 Å². The van der Waals surface area contributed by atoms with Crippen molar-refractivity contribution in [1.29, 1.82) is 0 Å². The van der Waals surface area contributed by atoms with Crippen molar-refractivity contribution in [3.8, 4) is 0 Å². The molecule has 0 saturated carbocycles. The van der Waals surface area contributed by atoms with Crippen molar-refractivity contribution in [1.82, 2.24) is 0 Å². The van der Waals surface area contributed by atoms with E-state index in [1.807, 2.05) is 0 Å². The molecule has 0 aliphatic rings. The Kier molecular flexibility index (Phi) is 9.55. The fraction of sp³-hybridized carbons (Fsp3) is 0.625. The van der Waals surface area contributed by atoms with Gasteiger partial charge in [-0.1, -0.05) is 0 Å². The van der Waals surface area contributed by atoms with Crippen LogP contribution >= 0.6 is 36.7 Å². The molecule has 0 fully saturated rings. The summed E-state index contributed by atoms with van der Waals surface area (Å²) < 4.78 is 13.1. The summed E-state index contributed by atoms with van der Waals surface area (Å²) in [5.41, 5.74) is 0. The van der Waals surface area contributed by atoms with Crippen LogP contribution in [0.3, 0.4) is 0 Å². The summed E-state index contributed by atoms with van der Waals surface area (Å²) in [7, 11) is 0. The summed E-state index contributed by atoms with van der Waals surface area (Å²) >= 11 is 10.4. The van der Waals surface area contributed by atoms with Gasteiger partial charge in [-0.05, 0) is 0 Å². The van der Waals surface area contributed by atoms with Crippen LogP contribution in [0.25, 0.3) is 0 Å². The molecular weight excluding hydrogens is 353 g/mol. The van der Waals surface area contributed by atoms with Crippen molar-refractivity contribution in [3.05, 3.63) is 0 Å². The Morgan fingerprint density at radius 1 is 0.933 bits per heavy atom. The Balaban J connectivity index is 4.85. The van der Waals surface area contributed by atoms with Crippen molar-refractivity contribution in [3.63, 3.8) is 0 Å². The monoisotopic (exact) mass is 365 g/mol. The predicted octanol–water partition coefficient (Wildman–Crippen LogP) is 3.42. The van der Waals surface area contributed by atoms with Crippen LogP contribution in [0, 0.1) is 0 Å². The molecule has 0 spiro atoms. The third kappa shape index (κ3) is 6.38. The van der Waals surface area contributed by atoms with Gasteiger partial charge >= 0.3 is 112 Å². The van der Waals surface area contributed by atoms with Crippen LogP contribution in [0.2, 0.25) is 4.44 Å². The summed E-state index contributed by atoms with van der Waals surface area (Å²) in [5.74, 6) is 0. The molecule has 0 aliphatic carbocycles. The molecule has 0 amide bonds. The maximum absolute atomic E-state index is 4.60. The second-order valence-electron chi connectivity index (χ2n) is 2.84. The van der Waals surface area contributed by atoms with E-state index in [0.717, 1.165) is 23.7 Å². The second kappa shape index (κ2) is 9.43. The van der Waals surface area contributed by atoms with Crippen molar-refractivity contribution in [2.75, 3.05) is 0 Å². The first-order valence-electron chi connectivity index (χ1n) is 4.51. The third-order valence-corrected chi connectivity index (χ3v) is 10.4. The van der Waals surface area contributed by atoms with Crippen molar-refractivity contribution in [2.24, 2.45) is 9.64 Å². The van der Waals surface area contributed by atoms with Crippen LogP contribution in [0.5, 0.6) is 0 Å². The van der Waals surface area contributed by atoms with Crippen molar-refractivity contribution in [2.45, 2.75) is 30.6 Å². The van der Waals surface area contributed by atoms with E-state index in [-0.39, 0.29) is 0 Å². The van der Waals surface area contributed by atoms with Gasteiger partial charge in [-0.3, -0.25) is 0 Å². The van der Waals surface area contributed by atoms with Crippen molar-refractivity contribution >= 4 is 71.3 Å². The Hall–Kier alpha value is 0.199. The Morgan fingerprint density at radius 3 is 1.73 bits per heavy atom. The summed E-state index contributed by atoms with van der Waals surface area (Å²) in [6, 6.07) is 0. The minimum absolute atomic E-state index is 0.805. The summed E-state index contributed by atoms with van der Waals surface area (Å²) in [4.78, 5) is 0. The zero-order valence-electron chi connectivity index (χ0n) is 8.39. The number of hydrogen-bond acceptors (Lipinski definition) is 6. The van der Waals surface area contributed by atoms with Gasteiger partial charge in [-0.2, -0.15) is 0 Å². The van der Waals surface area contributed by atoms with Gasteiger partial charge in [0.2, 0.25) is 0 Å². The third-order valence-electron chi connectivity index (χ3n) is 1.79. The Bertz CT molecular complexity index is 293. The standard InChI is InChI=1S/C5H11.3CNS.Sn/c1-3-5-4-2;3*2-1-3;/h1,3-5H2,2H3;;;;/q;3*-1;+3. The molecule has 0 N–H and O–H groups in total. The van der Waals surface area contributed by atoms with Crippen LogP contribution in [-0.4, -0.2) is 34.7 Å². The molecule has 0 rings (SSSR count). The molecule has 15 heavy (non-hydrogen) atoms. The van der Waals surface area contributed by atoms with Gasteiger partial charge in [0.15, 0.2) is 0 Å². The van der Waals surface area contributed by atoms with Crippen LogP contribution in [0.15, 0.2) is 9.64 Å². The van der Waals surface area contributed by atoms with Crippen molar-refractivity contribution < 1.29 is 0 Å². The Morgan fingerprint density at radius 2 is 1.40 bits per heavy atom. The fourth-order valence-electron chi connectivity index (χ4n) is 1.07. The number of nitrogens with zero attached hydrogens (tertiary/aromatic N) is 3. The van der Waals surface area contributed by atoms with E-state index in [9.17, 15) is 0 Å². The molecule has 0 atom stereocenters. The van der Waals surface area contributed by atoms with Gasteiger partial charge in [0, 0.05) is 0 Å². The molecule has 0 radical (unpaired) electrons. The zero-order valence-corrected chi connectivity index (χ0v) is 13.7. The summed E-state index contributed by atoms with van der Waals surface area (Å²) in [5, 5.41) is 7.04. The van der Waals surface area contributed by atoms with Gasteiger partial charge in [0.25, 0.3) is 0 Å². The summed E-state index contributed by atoms with van der Waals surface area (Å²) in [6.07, 6.45) is 3.26. The first-order chi connectivity index (χ1) is 7.24. The number of thiocarbonyl (C=S) groups is 3. The molecule has 0 aromatic rings. The van der Waals surface area contributed by atoms with Crippen LogP contribution < -0.4 is 0 Å². The molecule has 0 heterocycles. The molecule has 0 saturated heterocycles. The van der Waals surface area contributed by atoms with E-state index in [2.05, 4.69) is 68.7 Å². The number of isothiocyanates is 3. The number of unbranched alkanes of at least 4 members (excludes halogenated alkanes) is 2. The molecule has 7 heteroatoms. The van der Waals surface area contributed by atoms with E-state index >= 15 is 0 Å². The average Bonchev–Trinajstić information content (AvgIpc) is 2.19. The van der Waals surface area contributed by atoms with Crippen LogP contribution in [0.4, 0.5) is 0 Å². The molecule has 0 bridgehead atoms. The summed E-state index contributed by atoms with van der Waals surface area (Å²) in [6.45, 7) is 2.13. The predicted molar refractivity (Wildman–Crippen MR) is 75.2 cm³/mol. The maximum atomic E-state index is 4.60. The first-order valence-corrected chi connectivity index (χ1v) is 11.6. The molecule has 0 aromatic carbocycles. The molecular formula is C8H11N3S3Sn. The van der Waals surface area contributed by atoms with Gasteiger partial charge in [-0.15, -0.1) is 0 Å². The SMILES string of the molecule is CCCC[CH2][Sn]([N]=C=S)([N]=C=S)[N]=C=S. The fourth-order valence-corrected chi connectivity index (χ4v) is 8.72. The number of hydrogen-bond donors (Lipinski definition) is 0. The van der Waals surface area contributed by atoms with E-state index in [0.29, 0.717) is 0 Å². The topological polar surface area (TPSA) is 37.1 Å². The van der Waals surface area contributed by atoms with Crippen LogP contribution in [-0.2, 0) is 0 Å².